The first-order valence-electron chi connectivity index (χ1n) is 10.6. The number of halogens is 1. The molecule has 1 amide bonds. The largest absolute Gasteiger partial charge is 0.378 e. The molecule has 0 saturated carbocycles. The molecule has 1 N–H and O–H groups in total. The Bertz CT molecular complexity index is 899. The van der Waals surface area contributed by atoms with E-state index in [-0.39, 0.29) is 29.7 Å². The van der Waals surface area contributed by atoms with Crippen LogP contribution in [0, 0.1) is 11.7 Å². The Labute approximate surface area is 177 Å². The van der Waals surface area contributed by atoms with Gasteiger partial charge in [0.15, 0.2) is 0 Å². The van der Waals surface area contributed by atoms with Crippen LogP contribution in [0.5, 0.6) is 0 Å². The minimum atomic E-state index is -0.360. The molecule has 6 nitrogen and oxygen atoms in total. The number of fused-ring (bicyclic) bond motifs is 1. The number of aromatic nitrogens is 1. The summed E-state index contributed by atoms with van der Waals surface area (Å²) in [5.74, 6) is 0.467. The van der Waals surface area contributed by atoms with E-state index in [0.717, 1.165) is 36.4 Å². The van der Waals surface area contributed by atoms with Crippen LogP contribution in [-0.2, 0) is 9.53 Å². The SMILES string of the molecule is CC[C@H]1[C@H](C)C(Nc2ccc(F)cn2)c2cc(N3CCOCC3)ccc2N1C(C)=O. The van der Waals surface area contributed by atoms with Crippen LogP contribution in [0.1, 0.15) is 38.8 Å². The zero-order valence-corrected chi connectivity index (χ0v) is 17.8. The fraction of sp³-hybridized carbons (Fsp3) is 0.478. The van der Waals surface area contributed by atoms with Crippen LogP contribution < -0.4 is 15.1 Å². The highest BCUT2D eigenvalue weighted by Gasteiger charge is 2.40. The van der Waals surface area contributed by atoms with Gasteiger partial charge in [-0.25, -0.2) is 9.37 Å². The molecule has 1 aromatic heterocycles. The zero-order chi connectivity index (χ0) is 21.3. The minimum Gasteiger partial charge on any atom is -0.378 e. The van der Waals surface area contributed by atoms with Crippen molar-refractivity contribution in [3.8, 4) is 0 Å². The van der Waals surface area contributed by atoms with E-state index in [2.05, 4.69) is 47.2 Å². The molecule has 3 atom stereocenters. The van der Waals surface area contributed by atoms with E-state index in [9.17, 15) is 9.18 Å². The van der Waals surface area contributed by atoms with Crippen LogP contribution in [0.15, 0.2) is 36.5 Å². The number of ether oxygens (including phenoxy) is 1. The molecule has 160 valence electrons. The minimum absolute atomic E-state index is 0.0421. The fourth-order valence-electron chi connectivity index (χ4n) is 4.74. The molecule has 1 aromatic carbocycles. The van der Waals surface area contributed by atoms with Crippen molar-refractivity contribution in [2.75, 3.05) is 41.4 Å². The summed E-state index contributed by atoms with van der Waals surface area (Å²) in [6.45, 7) is 9.02. The molecule has 0 aliphatic carbocycles. The molecule has 0 radical (unpaired) electrons. The average molecular weight is 413 g/mol. The number of anilines is 3. The van der Waals surface area contributed by atoms with E-state index < -0.39 is 0 Å². The van der Waals surface area contributed by atoms with Crippen LogP contribution in [0.25, 0.3) is 0 Å². The summed E-state index contributed by atoms with van der Waals surface area (Å²) >= 11 is 0. The van der Waals surface area contributed by atoms with Crippen molar-refractivity contribution in [2.45, 2.75) is 39.3 Å². The maximum Gasteiger partial charge on any atom is 0.224 e. The average Bonchev–Trinajstić information content (AvgIpc) is 2.76. The predicted molar refractivity (Wildman–Crippen MR) is 116 cm³/mol. The zero-order valence-electron chi connectivity index (χ0n) is 17.8. The van der Waals surface area contributed by atoms with Gasteiger partial charge in [-0.3, -0.25) is 4.79 Å². The predicted octanol–water partition coefficient (Wildman–Crippen LogP) is 3.99. The number of pyridine rings is 1. The van der Waals surface area contributed by atoms with Gasteiger partial charge in [0.05, 0.1) is 25.5 Å². The lowest BCUT2D eigenvalue weighted by Crippen LogP contribution is -2.49. The number of nitrogens with zero attached hydrogens (tertiary/aromatic N) is 3. The first-order chi connectivity index (χ1) is 14.5. The Hall–Kier alpha value is -2.67. The van der Waals surface area contributed by atoms with Crippen LogP contribution in [-0.4, -0.2) is 43.2 Å². The topological polar surface area (TPSA) is 57.7 Å². The van der Waals surface area contributed by atoms with Crippen molar-refractivity contribution in [1.82, 2.24) is 4.98 Å². The molecular weight excluding hydrogens is 383 g/mol. The lowest BCUT2D eigenvalue weighted by molar-refractivity contribution is -0.117. The van der Waals surface area contributed by atoms with Gasteiger partial charge in [-0.05, 0) is 36.8 Å². The second-order valence-electron chi connectivity index (χ2n) is 8.05. The van der Waals surface area contributed by atoms with Gasteiger partial charge < -0.3 is 19.9 Å². The van der Waals surface area contributed by atoms with Gasteiger partial charge in [0.1, 0.15) is 11.6 Å². The highest BCUT2D eigenvalue weighted by Crippen LogP contribution is 2.44. The van der Waals surface area contributed by atoms with Gasteiger partial charge in [-0.15, -0.1) is 0 Å². The number of hydrogen-bond donors (Lipinski definition) is 1. The van der Waals surface area contributed by atoms with E-state index in [0.29, 0.717) is 19.0 Å². The van der Waals surface area contributed by atoms with Gasteiger partial charge in [0.2, 0.25) is 5.91 Å². The Morgan fingerprint density at radius 2 is 2.03 bits per heavy atom. The van der Waals surface area contributed by atoms with Crippen LogP contribution in [0.2, 0.25) is 0 Å². The molecule has 3 heterocycles. The second kappa shape index (κ2) is 8.60. The first-order valence-corrected chi connectivity index (χ1v) is 10.6. The van der Waals surface area contributed by atoms with E-state index >= 15 is 0 Å². The van der Waals surface area contributed by atoms with Gasteiger partial charge in [0.25, 0.3) is 0 Å². The van der Waals surface area contributed by atoms with Crippen LogP contribution in [0.3, 0.4) is 0 Å². The third-order valence-corrected chi connectivity index (χ3v) is 6.23. The summed E-state index contributed by atoms with van der Waals surface area (Å²) < 4.78 is 18.8. The molecule has 1 fully saturated rings. The Balaban J connectivity index is 1.77. The van der Waals surface area contributed by atoms with Gasteiger partial charge in [0, 0.05) is 48.9 Å². The van der Waals surface area contributed by atoms with E-state index in [1.807, 2.05) is 4.90 Å². The standard InChI is InChI=1S/C23H29FN4O2/c1-4-20-15(2)23(26-22-8-5-17(24)14-25-22)19-13-18(27-9-11-30-12-10-27)6-7-21(19)28(20)16(3)29/h5-8,13-15,20,23H,4,9-12H2,1-3H3,(H,25,26)/t15-,20-,23?/m0/s1. The summed E-state index contributed by atoms with van der Waals surface area (Å²) in [5, 5.41) is 3.51. The summed E-state index contributed by atoms with van der Waals surface area (Å²) in [7, 11) is 0. The monoisotopic (exact) mass is 412 g/mol. The maximum absolute atomic E-state index is 13.3. The molecule has 2 aromatic rings. The van der Waals surface area contributed by atoms with Gasteiger partial charge in [-0.1, -0.05) is 13.8 Å². The maximum atomic E-state index is 13.3. The van der Waals surface area contributed by atoms with Crippen molar-refractivity contribution in [3.05, 3.63) is 47.9 Å². The quantitative estimate of drug-likeness (QED) is 0.823. The molecule has 4 rings (SSSR count). The summed E-state index contributed by atoms with van der Waals surface area (Å²) in [6, 6.07) is 9.43. The number of morpholine rings is 1. The third kappa shape index (κ3) is 3.86. The highest BCUT2D eigenvalue weighted by atomic mass is 19.1. The molecular formula is C23H29FN4O2. The van der Waals surface area contributed by atoms with E-state index in [1.54, 1.807) is 13.0 Å². The smallest absolute Gasteiger partial charge is 0.224 e. The third-order valence-electron chi connectivity index (χ3n) is 6.23. The summed E-state index contributed by atoms with van der Waals surface area (Å²) in [5.41, 5.74) is 3.13. The normalized spacial score (nSPS) is 23.8. The van der Waals surface area contributed by atoms with Crippen molar-refractivity contribution in [3.63, 3.8) is 0 Å². The number of amides is 1. The number of nitrogens with one attached hydrogen (secondary N) is 1. The van der Waals surface area contributed by atoms with Crippen molar-refractivity contribution in [1.29, 1.82) is 0 Å². The number of carbonyl (C=O) groups excluding carboxylic acids is 1. The van der Waals surface area contributed by atoms with Gasteiger partial charge in [-0.2, -0.15) is 0 Å². The van der Waals surface area contributed by atoms with Crippen LogP contribution in [0.4, 0.5) is 21.6 Å². The van der Waals surface area contributed by atoms with Crippen molar-refractivity contribution >= 4 is 23.1 Å². The number of rotatable bonds is 4. The lowest BCUT2D eigenvalue weighted by atomic mass is 9.80. The molecule has 1 unspecified atom stereocenters. The van der Waals surface area contributed by atoms with E-state index in [1.165, 1.54) is 12.3 Å². The highest BCUT2D eigenvalue weighted by molar-refractivity contribution is 5.94. The fourth-order valence-corrected chi connectivity index (χ4v) is 4.74. The molecule has 2 aliphatic heterocycles. The molecule has 0 spiro atoms. The number of benzene rings is 1. The number of carbonyl (C=O) groups is 1. The Kier molecular flexibility index (Phi) is 5.90. The first kappa shape index (κ1) is 20.6. The van der Waals surface area contributed by atoms with Crippen molar-refractivity contribution < 1.29 is 13.9 Å². The Morgan fingerprint density at radius 1 is 1.27 bits per heavy atom. The van der Waals surface area contributed by atoms with E-state index in [4.69, 9.17) is 4.74 Å². The second-order valence-corrected chi connectivity index (χ2v) is 8.05. The molecule has 2 aliphatic rings. The molecule has 0 bridgehead atoms. The molecule has 30 heavy (non-hydrogen) atoms. The lowest BCUT2D eigenvalue weighted by Gasteiger charge is -2.45. The summed E-state index contributed by atoms with van der Waals surface area (Å²) in [6.07, 6.45) is 2.07. The number of hydrogen-bond acceptors (Lipinski definition) is 5. The molecule has 1 saturated heterocycles. The van der Waals surface area contributed by atoms with Crippen LogP contribution >= 0.6 is 0 Å². The molecule has 7 heteroatoms. The Morgan fingerprint density at radius 3 is 2.67 bits per heavy atom. The van der Waals surface area contributed by atoms with Crippen molar-refractivity contribution in [2.24, 2.45) is 5.92 Å². The van der Waals surface area contributed by atoms with Gasteiger partial charge >= 0.3 is 0 Å². The summed E-state index contributed by atoms with van der Waals surface area (Å²) in [4.78, 5) is 21.0.